The predicted molar refractivity (Wildman–Crippen MR) is 70.6 cm³/mol. The van der Waals surface area contributed by atoms with Crippen molar-refractivity contribution in [2.75, 3.05) is 13.2 Å². The van der Waals surface area contributed by atoms with Gasteiger partial charge in [0.25, 0.3) is 0 Å². The molecule has 0 amide bonds. The molecule has 18 heavy (non-hydrogen) atoms. The third kappa shape index (κ3) is 2.52. The number of benzene rings is 1. The molecule has 0 bridgehead atoms. The number of rotatable bonds is 5. The fourth-order valence-corrected chi connectivity index (χ4v) is 2.83. The summed E-state index contributed by atoms with van der Waals surface area (Å²) in [6.45, 7) is 1.48. The average molecular weight is 247 g/mol. The van der Waals surface area contributed by atoms with E-state index in [0.29, 0.717) is 12.5 Å². The maximum Gasteiger partial charge on any atom is 0.119 e. The van der Waals surface area contributed by atoms with Crippen molar-refractivity contribution >= 4 is 0 Å². The lowest BCUT2D eigenvalue weighted by Gasteiger charge is -2.30. The average Bonchev–Trinajstić information content (AvgIpc) is 3.15. The Bertz CT molecular complexity index is 391. The van der Waals surface area contributed by atoms with Crippen LogP contribution in [0.4, 0.5) is 0 Å². The Morgan fingerprint density at radius 2 is 2.06 bits per heavy atom. The number of ether oxygens (including phenoxy) is 2. The van der Waals surface area contributed by atoms with Crippen molar-refractivity contribution in [2.45, 2.75) is 37.3 Å². The summed E-state index contributed by atoms with van der Waals surface area (Å²) in [6.07, 6.45) is 4.67. The summed E-state index contributed by atoms with van der Waals surface area (Å²) in [6, 6.07) is 9.92. The van der Waals surface area contributed by atoms with Crippen LogP contribution in [-0.2, 0) is 4.74 Å². The van der Waals surface area contributed by atoms with Crippen molar-refractivity contribution in [3.05, 3.63) is 30.3 Å². The normalized spacial score (nSPS) is 31.5. The number of para-hydroxylation sites is 1. The molecule has 0 aromatic heterocycles. The molecule has 1 heterocycles. The maximum absolute atomic E-state index is 6.50. The quantitative estimate of drug-likeness (QED) is 0.868. The van der Waals surface area contributed by atoms with Crippen LogP contribution >= 0.6 is 0 Å². The molecule has 0 radical (unpaired) electrons. The molecular formula is C15H21NO2. The molecule has 1 saturated heterocycles. The summed E-state index contributed by atoms with van der Waals surface area (Å²) in [5, 5.41) is 0. The summed E-state index contributed by atoms with van der Waals surface area (Å²) in [5.41, 5.74) is 6.33. The van der Waals surface area contributed by atoms with Gasteiger partial charge in [-0.3, -0.25) is 0 Å². The van der Waals surface area contributed by atoms with Crippen LogP contribution in [-0.4, -0.2) is 24.9 Å². The van der Waals surface area contributed by atoms with Crippen LogP contribution in [0.5, 0.6) is 5.75 Å². The molecule has 2 atom stereocenters. The lowest BCUT2D eigenvalue weighted by molar-refractivity contribution is 0.0558. The van der Waals surface area contributed by atoms with Gasteiger partial charge in [-0.1, -0.05) is 18.2 Å². The Labute approximate surface area is 108 Å². The van der Waals surface area contributed by atoms with Gasteiger partial charge in [0, 0.05) is 18.6 Å². The first-order valence-corrected chi connectivity index (χ1v) is 6.86. The van der Waals surface area contributed by atoms with Gasteiger partial charge in [0.1, 0.15) is 5.75 Å². The zero-order chi connectivity index (χ0) is 12.4. The van der Waals surface area contributed by atoms with Gasteiger partial charge in [0.05, 0.1) is 12.7 Å². The monoisotopic (exact) mass is 247 g/mol. The van der Waals surface area contributed by atoms with Crippen molar-refractivity contribution in [2.24, 2.45) is 11.7 Å². The highest BCUT2D eigenvalue weighted by molar-refractivity contribution is 5.20. The van der Waals surface area contributed by atoms with Crippen LogP contribution in [0, 0.1) is 5.92 Å². The fourth-order valence-electron chi connectivity index (χ4n) is 2.83. The summed E-state index contributed by atoms with van der Waals surface area (Å²) >= 11 is 0. The van der Waals surface area contributed by atoms with E-state index in [2.05, 4.69) is 0 Å². The van der Waals surface area contributed by atoms with Crippen LogP contribution < -0.4 is 10.5 Å². The third-order valence-corrected chi connectivity index (χ3v) is 4.06. The Balaban J connectivity index is 1.52. The highest BCUT2D eigenvalue weighted by Crippen LogP contribution is 2.43. The van der Waals surface area contributed by atoms with E-state index >= 15 is 0 Å². The number of nitrogens with two attached hydrogens (primary N) is 1. The van der Waals surface area contributed by atoms with Gasteiger partial charge >= 0.3 is 0 Å². The van der Waals surface area contributed by atoms with Gasteiger partial charge in [0.2, 0.25) is 0 Å². The van der Waals surface area contributed by atoms with Crippen molar-refractivity contribution in [1.29, 1.82) is 0 Å². The topological polar surface area (TPSA) is 44.5 Å². The molecule has 3 rings (SSSR count). The van der Waals surface area contributed by atoms with Gasteiger partial charge in [-0.2, -0.15) is 0 Å². The Morgan fingerprint density at radius 3 is 2.78 bits per heavy atom. The Morgan fingerprint density at radius 1 is 1.28 bits per heavy atom. The second-order valence-electron chi connectivity index (χ2n) is 5.52. The molecule has 3 heteroatoms. The molecule has 1 aromatic rings. The molecule has 1 aliphatic heterocycles. The number of hydrogen-bond acceptors (Lipinski definition) is 3. The highest BCUT2D eigenvalue weighted by Gasteiger charge is 2.48. The molecule has 0 spiro atoms. The maximum atomic E-state index is 6.50. The standard InChI is InChI=1S/C15H21NO2/c16-15(9-11-18-14(15)12-6-7-12)8-10-17-13-4-2-1-3-5-13/h1-5,12,14H,6-11,16H2. The van der Waals surface area contributed by atoms with E-state index < -0.39 is 0 Å². The minimum Gasteiger partial charge on any atom is -0.494 e. The van der Waals surface area contributed by atoms with Crippen LogP contribution in [0.15, 0.2) is 30.3 Å². The molecule has 98 valence electrons. The first kappa shape index (κ1) is 12.0. The molecule has 3 nitrogen and oxygen atoms in total. The van der Waals surface area contributed by atoms with Gasteiger partial charge in [-0.25, -0.2) is 0 Å². The lowest BCUT2D eigenvalue weighted by atomic mass is 9.86. The third-order valence-electron chi connectivity index (χ3n) is 4.06. The number of hydrogen-bond donors (Lipinski definition) is 1. The Kier molecular flexibility index (Phi) is 3.27. The highest BCUT2D eigenvalue weighted by atomic mass is 16.5. The molecular weight excluding hydrogens is 226 g/mol. The SMILES string of the molecule is NC1(CCOc2ccccc2)CCOC1C1CC1. The molecule has 1 saturated carbocycles. The molecule has 2 N–H and O–H groups in total. The second kappa shape index (κ2) is 4.90. The van der Waals surface area contributed by atoms with E-state index in [-0.39, 0.29) is 11.6 Å². The summed E-state index contributed by atoms with van der Waals surface area (Å²) in [5.74, 6) is 1.62. The van der Waals surface area contributed by atoms with Crippen molar-refractivity contribution in [3.8, 4) is 5.75 Å². The zero-order valence-corrected chi connectivity index (χ0v) is 10.7. The molecule has 2 unspecified atom stereocenters. The summed E-state index contributed by atoms with van der Waals surface area (Å²) in [7, 11) is 0. The zero-order valence-electron chi connectivity index (χ0n) is 10.7. The Hall–Kier alpha value is -1.06. The molecule has 2 aliphatic rings. The van der Waals surface area contributed by atoms with E-state index in [9.17, 15) is 0 Å². The van der Waals surface area contributed by atoms with Gasteiger partial charge in [-0.05, 0) is 37.3 Å². The van der Waals surface area contributed by atoms with E-state index in [1.807, 2.05) is 30.3 Å². The van der Waals surface area contributed by atoms with E-state index in [0.717, 1.165) is 25.2 Å². The van der Waals surface area contributed by atoms with Crippen molar-refractivity contribution < 1.29 is 9.47 Å². The molecule has 1 aliphatic carbocycles. The van der Waals surface area contributed by atoms with E-state index in [1.165, 1.54) is 12.8 Å². The molecule has 1 aromatic carbocycles. The van der Waals surface area contributed by atoms with Crippen LogP contribution in [0.25, 0.3) is 0 Å². The largest absolute Gasteiger partial charge is 0.494 e. The van der Waals surface area contributed by atoms with Crippen molar-refractivity contribution in [3.63, 3.8) is 0 Å². The van der Waals surface area contributed by atoms with Gasteiger partial charge < -0.3 is 15.2 Å². The fraction of sp³-hybridized carbons (Fsp3) is 0.600. The smallest absolute Gasteiger partial charge is 0.119 e. The van der Waals surface area contributed by atoms with Crippen LogP contribution in [0.2, 0.25) is 0 Å². The van der Waals surface area contributed by atoms with Gasteiger partial charge in [-0.15, -0.1) is 0 Å². The second-order valence-corrected chi connectivity index (χ2v) is 5.52. The van der Waals surface area contributed by atoms with Crippen LogP contribution in [0.3, 0.4) is 0 Å². The first-order chi connectivity index (χ1) is 8.78. The van der Waals surface area contributed by atoms with Crippen LogP contribution in [0.1, 0.15) is 25.7 Å². The first-order valence-electron chi connectivity index (χ1n) is 6.86. The lowest BCUT2D eigenvalue weighted by Crippen LogP contribution is -2.49. The predicted octanol–water partition coefficient (Wildman–Crippen LogP) is 2.35. The minimum absolute atomic E-state index is 0.171. The minimum atomic E-state index is -0.171. The summed E-state index contributed by atoms with van der Waals surface area (Å²) < 4.78 is 11.6. The molecule has 2 fully saturated rings. The van der Waals surface area contributed by atoms with E-state index in [4.69, 9.17) is 15.2 Å². The van der Waals surface area contributed by atoms with E-state index in [1.54, 1.807) is 0 Å². The van der Waals surface area contributed by atoms with Gasteiger partial charge in [0.15, 0.2) is 0 Å². The summed E-state index contributed by atoms with van der Waals surface area (Å²) in [4.78, 5) is 0. The van der Waals surface area contributed by atoms with Crippen molar-refractivity contribution in [1.82, 2.24) is 0 Å².